The summed E-state index contributed by atoms with van der Waals surface area (Å²) in [6, 6.07) is 4.52. The summed E-state index contributed by atoms with van der Waals surface area (Å²) < 4.78 is 13.1. The van der Waals surface area contributed by atoms with E-state index in [1.807, 2.05) is 0 Å². The van der Waals surface area contributed by atoms with Gasteiger partial charge in [0.05, 0.1) is 0 Å². The minimum absolute atomic E-state index is 0.352. The predicted molar refractivity (Wildman–Crippen MR) is 48.9 cm³/mol. The van der Waals surface area contributed by atoms with E-state index in [1.54, 1.807) is 19.2 Å². The Morgan fingerprint density at radius 2 is 2.25 bits per heavy atom. The highest BCUT2D eigenvalue weighted by Crippen LogP contribution is 2.16. The Morgan fingerprint density at radius 3 is 2.75 bits per heavy atom. The second-order valence-electron chi connectivity index (χ2n) is 2.47. The average molecular weight is 166 g/mol. The molecule has 3 N–H and O–H groups in total. The lowest BCUT2D eigenvalue weighted by Gasteiger charge is -2.06. The van der Waals surface area contributed by atoms with E-state index >= 15 is 0 Å². The first-order valence-electron chi connectivity index (χ1n) is 3.57. The summed E-state index contributed by atoms with van der Waals surface area (Å²) in [5.74, 6) is -0.352. The predicted octanol–water partition coefficient (Wildman–Crippen LogP) is 1.60. The van der Waals surface area contributed by atoms with Gasteiger partial charge in [0.25, 0.3) is 0 Å². The summed E-state index contributed by atoms with van der Waals surface area (Å²) in [7, 11) is 1.69. The molecule has 1 aromatic rings. The van der Waals surface area contributed by atoms with E-state index in [1.165, 1.54) is 6.07 Å². The van der Waals surface area contributed by atoms with Crippen LogP contribution in [0.1, 0.15) is 5.56 Å². The van der Waals surface area contributed by atoms with Crippen LogP contribution in [-0.2, 0) is 0 Å². The maximum Gasteiger partial charge on any atom is 0.134 e. The number of nitrogens with one attached hydrogen (secondary N) is 1. The van der Waals surface area contributed by atoms with Gasteiger partial charge in [-0.15, -0.1) is 0 Å². The van der Waals surface area contributed by atoms with Crippen molar-refractivity contribution in [3.63, 3.8) is 0 Å². The van der Waals surface area contributed by atoms with E-state index in [0.717, 1.165) is 0 Å². The minimum Gasteiger partial charge on any atom is -0.399 e. The summed E-state index contributed by atoms with van der Waals surface area (Å²) in [4.78, 5) is 0. The van der Waals surface area contributed by atoms with Gasteiger partial charge in [-0.1, -0.05) is 6.58 Å². The van der Waals surface area contributed by atoms with Gasteiger partial charge in [0.15, 0.2) is 0 Å². The van der Waals surface area contributed by atoms with Crippen LogP contribution in [0, 0.1) is 5.82 Å². The molecule has 0 aliphatic rings. The molecule has 0 radical (unpaired) electrons. The molecular weight excluding hydrogens is 155 g/mol. The summed E-state index contributed by atoms with van der Waals surface area (Å²) in [6.07, 6.45) is 0. The van der Waals surface area contributed by atoms with Crippen molar-refractivity contribution in [3.8, 4) is 0 Å². The van der Waals surface area contributed by atoms with Crippen LogP contribution in [0.25, 0.3) is 5.70 Å². The van der Waals surface area contributed by atoms with Crippen molar-refractivity contribution in [1.29, 1.82) is 0 Å². The fraction of sp³-hybridized carbons (Fsp3) is 0.111. The number of rotatable bonds is 2. The maximum atomic E-state index is 13.1. The third-order valence-corrected chi connectivity index (χ3v) is 1.62. The van der Waals surface area contributed by atoms with E-state index in [4.69, 9.17) is 5.73 Å². The van der Waals surface area contributed by atoms with Crippen molar-refractivity contribution in [2.75, 3.05) is 12.8 Å². The maximum absolute atomic E-state index is 13.1. The molecule has 0 saturated carbocycles. The second kappa shape index (κ2) is 3.26. The van der Waals surface area contributed by atoms with Crippen LogP contribution in [0.5, 0.6) is 0 Å². The number of nitrogen functional groups attached to an aromatic ring is 1. The van der Waals surface area contributed by atoms with Gasteiger partial charge in [-0.3, -0.25) is 0 Å². The number of nitrogens with two attached hydrogens (primary N) is 1. The third-order valence-electron chi connectivity index (χ3n) is 1.62. The molecule has 3 heteroatoms. The Hall–Kier alpha value is -1.51. The minimum atomic E-state index is -0.352. The Labute approximate surface area is 70.9 Å². The molecule has 0 amide bonds. The van der Waals surface area contributed by atoms with Gasteiger partial charge in [0, 0.05) is 24.0 Å². The Kier molecular flexibility index (Phi) is 2.33. The molecule has 1 aromatic carbocycles. The molecule has 0 fully saturated rings. The van der Waals surface area contributed by atoms with Crippen LogP contribution < -0.4 is 11.1 Å². The molecule has 0 unspecified atom stereocenters. The van der Waals surface area contributed by atoms with Gasteiger partial charge in [-0.2, -0.15) is 0 Å². The second-order valence-corrected chi connectivity index (χ2v) is 2.47. The summed E-state index contributed by atoms with van der Waals surface area (Å²) >= 11 is 0. The number of hydrogen-bond donors (Lipinski definition) is 2. The average Bonchev–Trinajstić information content (AvgIpc) is 2.03. The highest BCUT2D eigenvalue weighted by atomic mass is 19.1. The SMILES string of the molecule is C=C(NC)c1ccc(N)cc1F. The number of halogens is 1. The lowest BCUT2D eigenvalue weighted by Crippen LogP contribution is -2.05. The molecule has 1 rings (SSSR count). The monoisotopic (exact) mass is 166 g/mol. The van der Waals surface area contributed by atoms with Crippen LogP contribution in [0.3, 0.4) is 0 Å². The third kappa shape index (κ3) is 1.56. The first-order chi connectivity index (χ1) is 5.65. The van der Waals surface area contributed by atoms with E-state index < -0.39 is 0 Å². The molecule has 0 aliphatic carbocycles. The summed E-state index contributed by atoms with van der Waals surface area (Å²) in [6.45, 7) is 3.64. The van der Waals surface area contributed by atoms with Crippen molar-refractivity contribution >= 4 is 11.4 Å². The normalized spacial score (nSPS) is 9.50. The number of anilines is 1. The summed E-state index contributed by atoms with van der Waals surface area (Å²) in [5.41, 5.74) is 6.80. The lowest BCUT2D eigenvalue weighted by molar-refractivity contribution is 0.623. The van der Waals surface area contributed by atoms with Crippen molar-refractivity contribution in [3.05, 3.63) is 36.2 Å². The zero-order valence-corrected chi connectivity index (χ0v) is 6.89. The van der Waals surface area contributed by atoms with E-state index in [0.29, 0.717) is 16.9 Å². The number of benzene rings is 1. The van der Waals surface area contributed by atoms with Crippen LogP contribution in [0.4, 0.5) is 10.1 Å². The molecule has 0 heterocycles. The molecule has 0 aliphatic heterocycles. The van der Waals surface area contributed by atoms with Gasteiger partial charge < -0.3 is 11.1 Å². The number of hydrogen-bond acceptors (Lipinski definition) is 2. The molecule has 0 bridgehead atoms. The Morgan fingerprint density at radius 1 is 1.58 bits per heavy atom. The van der Waals surface area contributed by atoms with Crippen molar-refractivity contribution in [1.82, 2.24) is 5.32 Å². The first-order valence-corrected chi connectivity index (χ1v) is 3.57. The van der Waals surface area contributed by atoms with Gasteiger partial charge in [-0.25, -0.2) is 4.39 Å². The summed E-state index contributed by atoms with van der Waals surface area (Å²) in [5, 5.41) is 2.77. The molecule has 2 nitrogen and oxygen atoms in total. The highest BCUT2D eigenvalue weighted by molar-refractivity contribution is 5.63. The van der Waals surface area contributed by atoms with Gasteiger partial charge in [0.1, 0.15) is 5.82 Å². The first kappa shape index (κ1) is 8.59. The standard InChI is InChI=1S/C9H11FN2/c1-6(12-2)8-4-3-7(11)5-9(8)10/h3-5,12H,1,11H2,2H3. The largest absolute Gasteiger partial charge is 0.399 e. The molecular formula is C9H11FN2. The molecule has 64 valence electrons. The molecule has 12 heavy (non-hydrogen) atoms. The van der Waals surface area contributed by atoms with Crippen molar-refractivity contribution in [2.24, 2.45) is 0 Å². The van der Waals surface area contributed by atoms with Crippen LogP contribution >= 0.6 is 0 Å². The molecule has 0 spiro atoms. The van der Waals surface area contributed by atoms with Crippen LogP contribution in [0.15, 0.2) is 24.8 Å². The molecule has 0 atom stereocenters. The van der Waals surface area contributed by atoms with Crippen molar-refractivity contribution in [2.45, 2.75) is 0 Å². The van der Waals surface area contributed by atoms with Crippen molar-refractivity contribution < 1.29 is 4.39 Å². The molecule has 0 saturated heterocycles. The van der Waals surface area contributed by atoms with E-state index in [9.17, 15) is 4.39 Å². The zero-order chi connectivity index (χ0) is 9.14. The Balaban J connectivity index is 3.09. The van der Waals surface area contributed by atoms with E-state index in [2.05, 4.69) is 11.9 Å². The zero-order valence-electron chi connectivity index (χ0n) is 6.89. The van der Waals surface area contributed by atoms with Gasteiger partial charge in [-0.05, 0) is 18.2 Å². The van der Waals surface area contributed by atoms with Crippen LogP contribution in [-0.4, -0.2) is 7.05 Å². The lowest BCUT2D eigenvalue weighted by atomic mass is 10.1. The topological polar surface area (TPSA) is 38.0 Å². The van der Waals surface area contributed by atoms with E-state index in [-0.39, 0.29) is 5.82 Å². The van der Waals surface area contributed by atoms with Gasteiger partial charge in [0.2, 0.25) is 0 Å². The fourth-order valence-electron chi connectivity index (χ4n) is 0.911. The smallest absolute Gasteiger partial charge is 0.134 e. The highest BCUT2D eigenvalue weighted by Gasteiger charge is 2.03. The van der Waals surface area contributed by atoms with Gasteiger partial charge >= 0.3 is 0 Å². The molecule has 0 aromatic heterocycles. The Bertz CT molecular complexity index is 307. The van der Waals surface area contributed by atoms with Crippen LogP contribution in [0.2, 0.25) is 0 Å². The quantitative estimate of drug-likeness (QED) is 0.655. The fourth-order valence-corrected chi connectivity index (χ4v) is 0.911.